The Bertz CT molecular complexity index is 449. The molecule has 0 radical (unpaired) electrons. The summed E-state index contributed by atoms with van der Waals surface area (Å²) < 4.78 is 0. The molecule has 0 aromatic heterocycles. The van der Waals surface area contributed by atoms with E-state index >= 15 is 0 Å². The van der Waals surface area contributed by atoms with Gasteiger partial charge in [-0.1, -0.05) is 20.8 Å². The van der Waals surface area contributed by atoms with Crippen molar-refractivity contribution < 1.29 is 10.2 Å². The predicted molar refractivity (Wildman–Crippen MR) is 88.3 cm³/mol. The van der Waals surface area contributed by atoms with E-state index in [0.29, 0.717) is 5.41 Å². The minimum atomic E-state index is -0.0654. The van der Waals surface area contributed by atoms with Crippen molar-refractivity contribution in [2.24, 2.45) is 40.4 Å². The van der Waals surface area contributed by atoms with Crippen molar-refractivity contribution in [2.45, 2.75) is 84.3 Å². The molecule has 2 nitrogen and oxygen atoms in total. The van der Waals surface area contributed by atoms with E-state index in [1.54, 1.807) is 0 Å². The minimum absolute atomic E-state index is 0.0519. The molecule has 0 heterocycles. The Kier molecular flexibility index (Phi) is 3.48. The summed E-state index contributed by atoms with van der Waals surface area (Å²) in [6.07, 6.45) is 9.25. The maximum atomic E-state index is 10.6. The van der Waals surface area contributed by atoms with Crippen LogP contribution in [0.2, 0.25) is 0 Å². The van der Waals surface area contributed by atoms with Gasteiger partial charge in [0.05, 0.1) is 12.2 Å². The first-order valence-corrected chi connectivity index (χ1v) is 9.72. The van der Waals surface area contributed by atoms with Crippen molar-refractivity contribution in [1.82, 2.24) is 0 Å². The van der Waals surface area contributed by atoms with Crippen molar-refractivity contribution in [3.05, 3.63) is 0 Å². The van der Waals surface area contributed by atoms with Gasteiger partial charge in [0.15, 0.2) is 0 Å². The molecule has 0 amide bonds. The van der Waals surface area contributed by atoms with E-state index in [2.05, 4.69) is 20.8 Å². The van der Waals surface area contributed by atoms with E-state index in [1.165, 1.54) is 32.1 Å². The number of aliphatic hydroxyl groups excluding tert-OH is 2. The van der Waals surface area contributed by atoms with Crippen LogP contribution in [0.1, 0.15) is 72.1 Å². The second kappa shape index (κ2) is 4.96. The average Bonchev–Trinajstić information content (AvgIpc) is 2.77. The third-order valence-corrected chi connectivity index (χ3v) is 8.95. The summed E-state index contributed by atoms with van der Waals surface area (Å²) >= 11 is 0. The maximum absolute atomic E-state index is 10.6. The number of aliphatic hydroxyl groups is 2. The van der Waals surface area contributed by atoms with E-state index in [0.717, 1.165) is 48.9 Å². The van der Waals surface area contributed by atoms with Gasteiger partial charge in [0.25, 0.3) is 0 Å². The third kappa shape index (κ3) is 1.92. The zero-order chi connectivity index (χ0) is 15.7. The molecule has 0 saturated heterocycles. The molecule has 0 aliphatic heterocycles. The Morgan fingerprint density at radius 1 is 0.818 bits per heavy atom. The highest BCUT2D eigenvalue weighted by Crippen LogP contribution is 2.67. The van der Waals surface area contributed by atoms with Crippen molar-refractivity contribution in [3.8, 4) is 0 Å². The summed E-state index contributed by atoms with van der Waals surface area (Å²) in [5.41, 5.74) is 0.637. The lowest BCUT2D eigenvalue weighted by molar-refractivity contribution is -0.153. The van der Waals surface area contributed by atoms with E-state index in [9.17, 15) is 10.2 Å². The lowest BCUT2D eigenvalue weighted by Gasteiger charge is -2.62. The molecule has 126 valence electrons. The largest absolute Gasteiger partial charge is 0.393 e. The monoisotopic (exact) mass is 306 g/mol. The highest BCUT2D eigenvalue weighted by molar-refractivity contribution is 5.10. The molecule has 0 bridgehead atoms. The van der Waals surface area contributed by atoms with Crippen LogP contribution in [-0.4, -0.2) is 22.4 Å². The van der Waals surface area contributed by atoms with Crippen LogP contribution in [0, 0.1) is 40.4 Å². The van der Waals surface area contributed by atoms with Gasteiger partial charge in [-0.05, 0) is 91.8 Å². The summed E-state index contributed by atoms with van der Waals surface area (Å²) in [5, 5.41) is 20.7. The lowest BCUT2D eigenvalue weighted by atomic mass is 9.43. The minimum Gasteiger partial charge on any atom is -0.393 e. The number of hydrogen-bond acceptors (Lipinski definition) is 2. The van der Waals surface area contributed by atoms with Crippen LogP contribution < -0.4 is 0 Å². The van der Waals surface area contributed by atoms with Gasteiger partial charge in [-0.3, -0.25) is 0 Å². The molecule has 2 heteroatoms. The van der Waals surface area contributed by atoms with Crippen molar-refractivity contribution in [3.63, 3.8) is 0 Å². The topological polar surface area (TPSA) is 40.5 Å². The van der Waals surface area contributed by atoms with Crippen LogP contribution in [-0.2, 0) is 0 Å². The first-order chi connectivity index (χ1) is 10.4. The Labute approximate surface area is 135 Å². The summed E-state index contributed by atoms with van der Waals surface area (Å²) in [6.45, 7) is 7.38. The smallest absolute Gasteiger partial charge is 0.0596 e. The van der Waals surface area contributed by atoms with Crippen LogP contribution >= 0.6 is 0 Å². The van der Waals surface area contributed by atoms with Crippen molar-refractivity contribution in [2.75, 3.05) is 0 Å². The fourth-order valence-corrected chi connectivity index (χ4v) is 7.59. The molecular weight excluding hydrogens is 272 g/mol. The second-order valence-electron chi connectivity index (χ2n) is 9.77. The number of fused-ring (bicyclic) bond motifs is 5. The fraction of sp³-hybridized carbons (Fsp3) is 1.00. The van der Waals surface area contributed by atoms with Crippen LogP contribution in [0.25, 0.3) is 0 Å². The van der Waals surface area contributed by atoms with Crippen LogP contribution in [0.4, 0.5) is 0 Å². The molecule has 4 aliphatic carbocycles. The van der Waals surface area contributed by atoms with Gasteiger partial charge in [0.2, 0.25) is 0 Å². The number of rotatable bonds is 0. The Balaban J connectivity index is 1.67. The number of hydrogen-bond donors (Lipinski definition) is 2. The maximum Gasteiger partial charge on any atom is 0.0596 e. The summed E-state index contributed by atoms with van der Waals surface area (Å²) in [7, 11) is 0. The molecule has 0 unspecified atom stereocenters. The van der Waals surface area contributed by atoms with Gasteiger partial charge in [-0.25, -0.2) is 0 Å². The molecule has 0 spiro atoms. The lowest BCUT2D eigenvalue weighted by Crippen LogP contribution is -2.56. The zero-order valence-corrected chi connectivity index (χ0v) is 14.6. The first kappa shape index (κ1) is 15.4. The molecular formula is C20H34O2. The highest BCUT2D eigenvalue weighted by Gasteiger charge is 2.61. The molecule has 9 atom stereocenters. The molecule has 0 aromatic carbocycles. The third-order valence-electron chi connectivity index (χ3n) is 8.95. The van der Waals surface area contributed by atoms with Crippen LogP contribution in [0.5, 0.6) is 0 Å². The molecule has 2 N–H and O–H groups in total. The summed E-state index contributed by atoms with van der Waals surface area (Å²) in [6, 6.07) is 0. The van der Waals surface area contributed by atoms with Gasteiger partial charge in [-0.2, -0.15) is 0 Å². The van der Waals surface area contributed by atoms with E-state index in [4.69, 9.17) is 0 Å². The Morgan fingerprint density at radius 2 is 1.50 bits per heavy atom. The van der Waals surface area contributed by atoms with Crippen molar-refractivity contribution >= 4 is 0 Å². The highest BCUT2D eigenvalue weighted by atomic mass is 16.3. The Morgan fingerprint density at radius 3 is 2.27 bits per heavy atom. The predicted octanol–water partition coefficient (Wildman–Crippen LogP) is 4.00. The quantitative estimate of drug-likeness (QED) is 0.710. The van der Waals surface area contributed by atoms with Gasteiger partial charge in [0, 0.05) is 0 Å². The zero-order valence-electron chi connectivity index (χ0n) is 14.6. The average molecular weight is 306 g/mol. The molecule has 4 fully saturated rings. The SMILES string of the molecule is C[C@H]1C[C@H]2C[C@@H](O)CC[C@]2(C)[C@H]2CC[C@]3(C)[C@@H](O)CC[C@H]3[C@H]12. The molecule has 22 heavy (non-hydrogen) atoms. The van der Waals surface area contributed by atoms with Gasteiger partial charge < -0.3 is 10.2 Å². The molecule has 0 aromatic rings. The van der Waals surface area contributed by atoms with E-state index < -0.39 is 0 Å². The van der Waals surface area contributed by atoms with Gasteiger partial charge in [-0.15, -0.1) is 0 Å². The summed E-state index contributed by atoms with van der Waals surface area (Å²) in [5.74, 6) is 3.87. The van der Waals surface area contributed by atoms with Crippen LogP contribution in [0.3, 0.4) is 0 Å². The Hall–Kier alpha value is -0.0800. The standard InChI is InChI=1S/C20H34O2/c1-12-10-13-11-14(21)6-8-19(13,2)16-7-9-20(3)15(18(12)16)4-5-17(20)22/h12-18,21-22H,4-11H2,1-3H3/t12-,13-,14-,15-,16-,17-,18-,19-,20-/m0/s1. The summed E-state index contributed by atoms with van der Waals surface area (Å²) in [4.78, 5) is 0. The normalized spacial score (nSPS) is 61.2. The van der Waals surface area contributed by atoms with Crippen LogP contribution in [0.15, 0.2) is 0 Å². The van der Waals surface area contributed by atoms with Gasteiger partial charge >= 0.3 is 0 Å². The molecule has 4 aliphatic rings. The molecule has 4 saturated carbocycles. The van der Waals surface area contributed by atoms with Gasteiger partial charge in [0.1, 0.15) is 0 Å². The fourth-order valence-electron chi connectivity index (χ4n) is 7.59. The van der Waals surface area contributed by atoms with Crippen molar-refractivity contribution in [1.29, 1.82) is 0 Å². The van der Waals surface area contributed by atoms with E-state index in [-0.39, 0.29) is 17.6 Å². The first-order valence-electron chi connectivity index (χ1n) is 9.72. The second-order valence-corrected chi connectivity index (χ2v) is 9.77. The van der Waals surface area contributed by atoms with E-state index in [1.807, 2.05) is 0 Å². The molecule has 4 rings (SSSR count).